The molecule has 0 spiro atoms. The second-order valence-corrected chi connectivity index (χ2v) is 7.04. The fraction of sp³-hybridized carbons (Fsp3) is 0.0526. The number of hydrogen-bond acceptors (Lipinski definition) is 6. The first kappa shape index (κ1) is 20.4. The lowest BCUT2D eigenvalue weighted by molar-refractivity contribution is -0.385. The molecule has 148 valence electrons. The van der Waals surface area contributed by atoms with Gasteiger partial charge in [-0.3, -0.25) is 14.9 Å². The Morgan fingerprint density at radius 2 is 1.90 bits per heavy atom. The van der Waals surface area contributed by atoms with E-state index in [1.165, 1.54) is 43.5 Å². The van der Waals surface area contributed by atoms with Crippen molar-refractivity contribution in [3.05, 3.63) is 79.9 Å². The van der Waals surface area contributed by atoms with Crippen molar-refractivity contribution in [2.75, 3.05) is 12.4 Å². The van der Waals surface area contributed by atoms with Gasteiger partial charge in [0, 0.05) is 22.0 Å². The molecule has 0 fully saturated rings. The quantitative estimate of drug-likeness (QED) is 0.340. The zero-order valence-corrected chi connectivity index (χ0v) is 16.3. The first-order valence-corrected chi connectivity index (χ1v) is 9.28. The highest BCUT2D eigenvalue weighted by molar-refractivity contribution is 7.15. The van der Waals surface area contributed by atoms with Crippen LogP contribution in [0.25, 0.3) is 11.1 Å². The third-order valence-electron chi connectivity index (χ3n) is 3.96. The normalized spacial score (nSPS) is 10.4. The standard InChI is InChI=1S/C19H12ClFN2O5S/c1-28-19(25)16-14(10-2-5-12(21)6-3-10)9-29-18(16)22-17(24)13-8-11(20)4-7-15(13)23(26)27/h2-9H,1H3,(H,22,24). The van der Waals surface area contributed by atoms with Crippen molar-refractivity contribution in [2.45, 2.75) is 0 Å². The fourth-order valence-electron chi connectivity index (χ4n) is 2.62. The van der Waals surface area contributed by atoms with Gasteiger partial charge in [0.1, 0.15) is 21.9 Å². The maximum atomic E-state index is 13.2. The molecule has 3 aromatic rings. The number of halogens is 2. The molecule has 3 rings (SSSR count). The van der Waals surface area contributed by atoms with Crippen molar-refractivity contribution in [1.82, 2.24) is 0 Å². The number of nitro benzene ring substituents is 1. The van der Waals surface area contributed by atoms with Crippen LogP contribution in [0.4, 0.5) is 15.1 Å². The molecule has 1 N–H and O–H groups in total. The van der Waals surface area contributed by atoms with E-state index in [0.717, 1.165) is 17.4 Å². The van der Waals surface area contributed by atoms with Crippen molar-refractivity contribution in [3.8, 4) is 11.1 Å². The highest BCUT2D eigenvalue weighted by Crippen LogP contribution is 2.37. The molecular formula is C19H12ClFN2O5S. The molecule has 0 aliphatic carbocycles. The summed E-state index contributed by atoms with van der Waals surface area (Å²) in [6.45, 7) is 0. The summed E-state index contributed by atoms with van der Waals surface area (Å²) in [6.07, 6.45) is 0. The van der Waals surface area contributed by atoms with E-state index < -0.39 is 28.3 Å². The summed E-state index contributed by atoms with van der Waals surface area (Å²) in [5.41, 5.74) is 0.342. The summed E-state index contributed by atoms with van der Waals surface area (Å²) in [7, 11) is 1.18. The summed E-state index contributed by atoms with van der Waals surface area (Å²) < 4.78 is 18.0. The number of methoxy groups -OCH3 is 1. The van der Waals surface area contributed by atoms with Gasteiger partial charge in [-0.2, -0.15) is 0 Å². The second-order valence-electron chi connectivity index (χ2n) is 5.72. The number of nitro groups is 1. The molecule has 2 aromatic carbocycles. The Morgan fingerprint density at radius 3 is 2.52 bits per heavy atom. The predicted octanol–water partition coefficient (Wildman–Crippen LogP) is 5.15. The minimum Gasteiger partial charge on any atom is -0.465 e. The Labute approximate surface area is 172 Å². The third-order valence-corrected chi connectivity index (χ3v) is 5.09. The van der Waals surface area contributed by atoms with E-state index in [4.69, 9.17) is 16.3 Å². The average Bonchev–Trinajstić information content (AvgIpc) is 3.11. The van der Waals surface area contributed by atoms with E-state index >= 15 is 0 Å². The molecule has 0 aliphatic rings. The number of carbonyl (C=O) groups is 2. The van der Waals surface area contributed by atoms with Gasteiger partial charge in [-0.25, -0.2) is 9.18 Å². The molecule has 0 saturated heterocycles. The largest absolute Gasteiger partial charge is 0.465 e. The monoisotopic (exact) mass is 434 g/mol. The second kappa shape index (κ2) is 8.38. The molecule has 1 aromatic heterocycles. The Balaban J connectivity index is 2.03. The van der Waals surface area contributed by atoms with Crippen LogP contribution >= 0.6 is 22.9 Å². The molecule has 1 heterocycles. The molecule has 0 radical (unpaired) electrons. The first-order valence-electron chi connectivity index (χ1n) is 8.03. The summed E-state index contributed by atoms with van der Waals surface area (Å²) in [5, 5.41) is 15.6. The van der Waals surface area contributed by atoms with Crippen LogP contribution in [0.3, 0.4) is 0 Å². The van der Waals surface area contributed by atoms with E-state index in [1.54, 1.807) is 5.38 Å². The molecule has 29 heavy (non-hydrogen) atoms. The van der Waals surface area contributed by atoms with E-state index in [2.05, 4.69) is 5.32 Å². The lowest BCUT2D eigenvalue weighted by atomic mass is 10.0. The average molecular weight is 435 g/mol. The number of nitrogens with one attached hydrogen (secondary N) is 1. The van der Waals surface area contributed by atoms with Gasteiger partial charge < -0.3 is 10.1 Å². The summed E-state index contributed by atoms with van der Waals surface area (Å²) >= 11 is 6.90. The van der Waals surface area contributed by atoms with Crippen LogP contribution in [-0.2, 0) is 4.74 Å². The van der Waals surface area contributed by atoms with Crippen LogP contribution in [0.2, 0.25) is 5.02 Å². The number of amides is 1. The van der Waals surface area contributed by atoms with Gasteiger partial charge in [0.15, 0.2) is 0 Å². The number of rotatable bonds is 5. The van der Waals surface area contributed by atoms with Gasteiger partial charge in [-0.1, -0.05) is 23.7 Å². The van der Waals surface area contributed by atoms with Crippen molar-refractivity contribution >= 4 is 45.5 Å². The Hall–Kier alpha value is -3.30. The van der Waals surface area contributed by atoms with E-state index in [-0.39, 0.29) is 21.2 Å². The smallest absolute Gasteiger partial charge is 0.341 e. The molecule has 0 bridgehead atoms. The Morgan fingerprint density at radius 1 is 1.21 bits per heavy atom. The van der Waals surface area contributed by atoms with Crippen molar-refractivity contribution in [1.29, 1.82) is 0 Å². The van der Waals surface area contributed by atoms with Crippen LogP contribution in [0.5, 0.6) is 0 Å². The Bertz CT molecular complexity index is 1110. The van der Waals surface area contributed by atoms with Gasteiger partial charge in [-0.05, 0) is 29.8 Å². The molecule has 0 aliphatic heterocycles. The van der Waals surface area contributed by atoms with Gasteiger partial charge in [0.2, 0.25) is 0 Å². The van der Waals surface area contributed by atoms with Crippen LogP contribution in [0.1, 0.15) is 20.7 Å². The number of esters is 1. The van der Waals surface area contributed by atoms with Crippen LogP contribution < -0.4 is 5.32 Å². The van der Waals surface area contributed by atoms with Crippen molar-refractivity contribution in [3.63, 3.8) is 0 Å². The van der Waals surface area contributed by atoms with E-state index in [1.807, 2.05) is 0 Å². The number of carbonyl (C=O) groups excluding carboxylic acids is 2. The molecule has 1 amide bonds. The molecule has 10 heteroatoms. The highest BCUT2D eigenvalue weighted by atomic mass is 35.5. The highest BCUT2D eigenvalue weighted by Gasteiger charge is 2.26. The zero-order valence-electron chi connectivity index (χ0n) is 14.8. The minimum atomic E-state index is -0.808. The van der Waals surface area contributed by atoms with Gasteiger partial charge in [-0.15, -0.1) is 11.3 Å². The van der Waals surface area contributed by atoms with Crippen molar-refractivity contribution in [2.24, 2.45) is 0 Å². The molecule has 0 atom stereocenters. The number of benzene rings is 2. The Kier molecular flexibility index (Phi) is 5.90. The molecule has 7 nitrogen and oxygen atoms in total. The van der Waals surface area contributed by atoms with Crippen molar-refractivity contribution < 1.29 is 23.6 Å². The molecule has 0 unspecified atom stereocenters. The van der Waals surface area contributed by atoms with E-state index in [0.29, 0.717) is 11.1 Å². The molecule has 0 saturated carbocycles. The predicted molar refractivity (Wildman–Crippen MR) is 107 cm³/mol. The number of nitrogens with zero attached hydrogens (tertiary/aromatic N) is 1. The van der Waals surface area contributed by atoms with Crippen LogP contribution in [-0.4, -0.2) is 23.9 Å². The van der Waals surface area contributed by atoms with Crippen LogP contribution in [0.15, 0.2) is 47.8 Å². The SMILES string of the molecule is COC(=O)c1c(-c2ccc(F)cc2)csc1NC(=O)c1cc(Cl)ccc1[N+](=O)[O-]. The zero-order chi connectivity index (χ0) is 21.1. The number of thiophene rings is 1. The van der Waals surface area contributed by atoms with Crippen LogP contribution in [0, 0.1) is 15.9 Å². The maximum Gasteiger partial charge on any atom is 0.341 e. The lowest BCUT2D eigenvalue weighted by Gasteiger charge is -2.08. The first-order chi connectivity index (χ1) is 13.8. The van der Waals surface area contributed by atoms with E-state index in [9.17, 15) is 24.1 Å². The fourth-order valence-corrected chi connectivity index (χ4v) is 3.74. The van der Waals surface area contributed by atoms with Gasteiger partial charge in [0.25, 0.3) is 11.6 Å². The molecular weight excluding hydrogens is 423 g/mol. The maximum absolute atomic E-state index is 13.2. The lowest BCUT2D eigenvalue weighted by Crippen LogP contribution is -2.15. The van der Waals surface area contributed by atoms with Gasteiger partial charge >= 0.3 is 5.97 Å². The number of hydrogen-bond donors (Lipinski definition) is 1. The minimum absolute atomic E-state index is 0.0575. The summed E-state index contributed by atoms with van der Waals surface area (Å²) in [6, 6.07) is 9.03. The van der Waals surface area contributed by atoms with Gasteiger partial charge in [0.05, 0.1) is 12.0 Å². The number of ether oxygens (including phenoxy) is 1. The third kappa shape index (κ3) is 4.25. The topological polar surface area (TPSA) is 98.5 Å². The number of anilines is 1. The summed E-state index contributed by atoms with van der Waals surface area (Å²) in [5.74, 6) is -1.97. The summed E-state index contributed by atoms with van der Waals surface area (Å²) in [4.78, 5) is 35.5.